The number of carbonyl (C=O) groups is 2. The third kappa shape index (κ3) is 6.48. The summed E-state index contributed by atoms with van der Waals surface area (Å²) in [6.45, 7) is 0. The zero-order chi connectivity index (χ0) is 14.7. The lowest BCUT2D eigenvalue weighted by molar-refractivity contribution is -0.161. The Hall–Kier alpha value is -1.24. The summed E-state index contributed by atoms with van der Waals surface area (Å²) in [5, 5.41) is 17.3. The van der Waals surface area contributed by atoms with Crippen LogP contribution in [-0.2, 0) is 38.2 Å². The molecule has 0 spiro atoms. The lowest BCUT2D eigenvalue weighted by atomic mass is 10.2. The van der Waals surface area contributed by atoms with Crippen LogP contribution < -0.4 is 0 Å². The normalized spacial score (nSPS) is 15.9. The van der Waals surface area contributed by atoms with E-state index in [1.165, 1.54) is 0 Å². The molecule has 0 aliphatic carbocycles. The Labute approximate surface area is 102 Å². The van der Waals surface area contributed by atoms with E-state index < -0.39 is 44.4 Å². The molecule has 0 saturated carbocycles. The van der Waals surface area contributed by atoms with Crippen molar-refractivity contribution >= 4 is 32.2 Å². The van der Waals surface area contributed by atoms with Crippen molar-refractivity contribution in [2.45, 2.75) is 12.2 Å². The van der Waals surface area contributed by atoms with Crippen molar-refractivity contribution in [1.29, 1.82) is 0 Å². The van der Waals surface area contributed by atoms with Crippen molar-refractivity contribution in [3.05, 3.63) is 0 Å². The highest BCUT2D eigenvalue weighted by molar-refractivity contribution is 7.86. The lowest BCUT2D eigenvalue weighted by Gasteiger charge is -2.18. The van der Waals surface area contributed by atoms with E-state index in [-0.39, 0.29) is 0 Å². The first-order valence-electron chi connectivity index (χ1n) is 4.05. The smallest absolute Gasteiger partial charge is 0.337 e. The zero-order valence-electron chi connectivity index (χ0n) is 9.13. The molecule has 0 heterocycles. The van der Waals surface area contributed by atoms with Gasteiger partial charge in [-0.1, -0.05) is 0 Å². The second kappa shape index (κ2) is 5.60. The molecule has 0 aliphatic rings. The molecule has 0 rings (SSSR count). The molecule has 2 N–H and O–H groups in total. The van der Waals surface area contributed by atoms with Gasteiger partial charge in [0.15, 0.2) is 0 Å². The number of hydrogen-bond donors (Lipinski definition) is 2. The fourth-order valence-electron chi connectivity index (χ4n) is 0.819. The molecule has 0 aromatic carbocycles. The second-order valence-electron chi connectivity index (χ2n) is 3.12. The summed E-state index contributed by atoms with van der Waals surface area (Å²) in [6.07, 6.45) is -4.09. The minimum atomic E-state index is -4.32. The molecule has 2 atom stereocenters. The fraction of sp³-hybridized carbons (Fsp3) is 0.667. The van der Waals surface area contributed by atoms with E-state index in [1.807, 2.05) is 0 Å². The molecule has 0 amide bonds. The summed E-state index contributed by atoms with van der Waals surface area (Å²) >= 11 is 0. The van der Waals surface area contributed by atoms with Crippen LogP contribution >= 0.6 is 0 Å². The van der Waals surface area contributed by atoms with Gasteiger partial charge in [0.1, 0.15) is 0 Å². The van der Waals surface area contributed by atoms with Crippen molar-refractivity contribution in [2.75, 3.05) is 12.5 Å². The van der Waals surface area contributed by atoms with Gasteiger partial charge in [-0.05, 0) is 0 Å². The highest BCUT2D eigenvalue weighted by Gasteiger charge is 2.41. The van der Waals surface area contributed by atoms with Crippen LogP contribution in [0.5, 0.6) is 0 Å². The van der Waals surface area contributed by atoms with Crippen LogP contribution in [0, 0.1) is 0 Å². The number of rotatable bonds is 7. The van der Waals surface area contributed by atoms with Gasteiger partial charge in [0.25, 0.3) is 20.2 Å². The maximum absolute atomic E-state index is 10.8. The largest absolute Gasteiger partial charge is 0.479 e. The molecular weight excluding hydrogens is 296 g/mol. The maximum atomic E-state index is 10.8. The topological polar surface area (TPSA) is 161 Å². The zero-order valence-corrected chi connectivity index (χ0v) is 10.8. The number of carboxylic acid groups (broad SMARTS) is 2. The molecule has 106 valence electrons. The average Bonchev–Trinajstić information content (AvgIpc) is 2.06. The third-order valence-electron chi connectivity index (χ3n) is 1.32. The molecule has 12 heteroatoms. The Bertz CT molecular complexity index is 479. The second-order valence-corrected chi connectivity index (χ2v) is 6.32. The first-order chi connectivity index (χ1) is 7.83. The van der Waals surface area contributed by atoms with Gasteiger partial charge in [-0.15, -0.1) is 0 Å². The van der Waals surface area contributed by atoms with Gasteiger partial charge in [-0.25, -0.2) is 9.59 Å². The number of aliphatic carboxylic acids is 2. The van der Waals surface area contributed by atoms with E-state index in [4.69, 9.17) is 10.2 Å². The van der Waals surface area contributed by atoms with E-state index in [1.54, 1.807) is 0 Å². The Balaban J connectivity index is 5.39. The molecule has 0 aliphatic heterocycles. The first kappa shape index (κ1) is 16.8. The molecule has 0 saturated heterocycles. The Morgan fingerprint density at radius 3 is 1.17 bits per heavy atom. The molecule has 0 aromatic heterocycles. The van der Waals surface area contributed by atoms with Gasteiger partial charge in [0.2, 0.25) is 12.2 Å². The quantitative estimate of drug-likeness (QED) is 0.495. The molecule has 18 heavy (non-hydrogen) atoms. The minimum Gasteiger partial charge on any atom is -0.479 e. The summed E-state index contributed by atoms with van der Waals surface area (Å²) in [5.74, 6) is -4.01. The highest BCUT2D eigenvalue weighted by Crippen LogP contribution is 2.11. The Kier molecular flexibility index (Phi) is 5.21. The third-order valence-corrected chi connectivity index (χ3v) is 2.43. The number of hydrogen-bond acceptors (Lipinski definition) is 8. The highest BCUT2D eigenvalue weighted by atomic mass is 32.2. The van der Waals surface area contributed by atoms with Crippen molar-refractivity contribution in [2.24, 2.45) is 0 Å². The van der Waals surface area contributed by atoms with Crippen LogP contribution in [0.4, 0.5) is 0 Å². The van der Waals surface area contributed by atoms with E-state index in [0.717, 1.165) is 0 Å². The minimum absolute atomic E-state index is 0.475. The number of carboxylic acids is 2. The van der Waals surface area contributed by atoms with E-state index in [9.17, 15) is 26.4 Å². The summed E-state index contributed by atoms with van der Waals surface area (Å²) in [7, 11) is -8.64. The van der Waals surface area contributed by atoms with Crippen molar-refractivity contribution < 1.29 is 45.0 Å². The standard InChI is InChI=1S/C6H10O10S2/c1-17(11,12)15-3(5(7)8)4(6(9)10)16-18(2,13)14/h3-4H,1-2H3,(H,7,8)(H,9,10). The first-order valence-corrected chi connectivity index (χ1v) is 7.69. The fourth-order valence-corrected chi connectivity index (χ4v) is 1.94. The van der Waals surface area contributed by atoms with Crippen molar-refractivity contribution in [3.63, 3.8) is 0 Å². The van der Waals surface area contributed by atoms with E-state index >= 15 is 0 Å². The predicted octanol–water partition coefficient (Wildman–Crippen LogP) is -2.15. The van der Waals surface area contributed by atoms with Crippen LogP contribution in [-0.4, -0.2) is 63.7 Å². The summed E-state index contributed by atoms with van der Waals surface area (Å²) in [4.78, 5) is 21.4. The van der Waals surface area contributed by atoms with Gasteiger partial charge < -0.3 is 10.2 Å². The Morgan fingerprint density at radius 1 is 0.833 bits per heavy atom. The molecule has 0 bridgehead atoms. The Morgan fingerprint density at radius 2 is 1.06 bits per heavy atom. The molecule has 0 radical (unpaired) electrons. The van der Waals surface area contributed by atoms with Crippen molar-refractivity contribution in [1.82, 2.24) is 0 Å². The van der Waals surface area contributed by atoms with Crippen LogP contribution in [0.1, 0.15) is 0 Å². The van der Waals surface area contributed by atoms with Crippen molar-refractivity contribution in [3.8, 4) is 0 Å². The van der Waals surface area contributed by atoms with E-state index in [0.29, 0.717) is 12.5 Å². The summed E-state index contributed by atoms with van der Waals surface area (Å²) < 4.78 is 51.0. The van der Waals surface area contributed by atoms with Gasteiger partial charge in [0.05, 0.1) is 12.5 Å². The molecule has 2 unspecified atom stereocenters. The van der Waals surface area contributed by atoms with Gasteiger partial charge in [-0.3, -0.25) is 8.37 Å². The monoisotopic (exact) mass is 306 g/mol. The van der Waals surface area contributed by atoms with Crippen LogP contribution in [0.15, 0.2) is 0 Å². The summed E-state index contributed by atoms with van der Waals surface area (Å²) in [6, 6.07) is 0. The van der Waals surface area contributed by atoms with Gasteiger partial charge in [0, 0.05) is 0 Å². The van der Waals surface area contributed by atoms with Crippen LogP contribution in [0.25, 0.3) is 0 Å². The predicted molar refractivity (Wildman–Crippen MR) is 54.7 cm³/mol. The van der Waals surface area contributed by atoms with E-state index in [2.05, 4.69) is 8.37 Å². The van der Waals surface area contributed by atoms with Crippen LogP contribution in [0.2, 0.25) is 0 Å². The lowest BCUT2D eigenvalue weighted by Crippen LogP contribution is -2.45. The summed E-state index contributed by atoms with van der Waals surface area (Å²) in [5.41, 5.74) is 0. The van der Waals surface area contributed by atoms with Gasteiger partial charge >= 0.3 is 11.9 Å². The molecule has 10 nitrogen and oxygen atoms in total. The van der Waals surface area contributed by atoms with Gasteiger partial charge in [-0.2, -0.15) is 16.8 Å². The maximum Gasteiger partial charge on any atom is 0.337 e. The van der Waals surface area contributed by atoms with Crippen LogP contribution in [0.3, 0.4) is 0 Å². The SMILES string of the molecule is CS(=O)(=O)OC(C(=O)O)C(OS(C)(=O)=O)C(=O)O. The molecule has 0 aromatic rings. The average molecular weight is 306 g/mol. The molecule has 0 fully saturated rings. The molecular formula is C6H10O10S2.